The molecule has 0 radical (unpaired) electrons. The fraction of sp³-hybridized carbons (Fsp3) is 0.273. The van der Waals surface area contributed by atoms with Gasteiger partial charge < -0.3 is 9.84 Å². The molecule has 1 heterocycles. The summed E-state index contributed by atoms with van der Waals surface area (Å²) < 4.78 is 28.0. The molecule has 0 aliphatic heterocycles. The van der Waals surface area contributed by atoms with E-state index in [1.165, 1.54) is 18.2 Å². The Labute approximate surface area is 120 Å². The first-order valence-electron chi connectivity index (χ1n) is 5.79. The van der Waals surface area contributed by atoms with Crippen LogP contribution in [0.3, 0.4) is 0 Å². The van der Waals surface area contributed by atoms with Crippen molar-refractivity contribution in [2.75, 3.05) is 11.6 Å². The molecule has 0 atom stereocenters. The van der Waals surface area contributed by atoms with E-state index in [1.54, 1.807) is 6.92 Å². The van der Waals surface area contributed by atoms with Gasteiger partial charge in [0.15, 0.2) is 15.7 Å². The van der Waals surface area contributed by atoms with Crippen molar-refractivity contribution in [3.63, 3.8) is 0 Å². The Morgan fingerprint density at radius 2 is 2.14 bits per heavy atom. The lowest BCUT2D eigenvalue weighted by molar-refractivity contribution is -0.386. The van der Waals surface area contributed by atoms with Gasteiger partial charge in [-0.05, 0) is 12.1 Å². The number of aryl methyl sites for hydroxylation is 1. The molecule has 0 spiro atoms. The monoisotopic (exact) mass is 312 g/mol. The van der Waals surface area contributed by atoms with Gasteiger partial charge in [-0.25, -0.2) is 8.42 Å². The van der Waals surface area contributed by atoms with Gasteiger partial charge in [0.05, 0.1) is 11.5 Å². The van der Waals surface area contributed by atoms with Crippen molar-refractivity contribution in [2.24, 2.45) is 0 Å². The average molecular weight is 312 g/mol. The predicted octanol–water partition coefficient (Wildman–Crippen LogP) is 1.30. The zero-order chi connectivity index (χ0) is 15.6. The first-order chi connectivity index (χ1) is 9.79. The van der Waals surface area contributed by atoms with E-state index >= 15 is 0 Å². The van der Waals surface area contributed by atoms with Gasteiger partial charge >= 0.3 is 5.69 Å². The molecule has 0 bridgehead atoms. The number of para-hydroxylation sites is 1. The number of hydrogen-bond donors (Lipinski definition) is 1. The number of rotatable bonds is 5. The summed E-state index contributed by atoms with van der Waals surface area (Å²) in [5.41, 5.74) is -0.425. The molecule has 0 saturated carbocycles. The number of nitrogens with zero attached hydrogens (tertiary/aromatic N) is 3. The standard InChI is InChI=1S/C11H12N4O5S/c1-7-13-10(14-20-7)6-12-8-4-3-5-9(21(2,18)19)11(8)15(16)17/h3-5,12H,6H2,1-2H3. The average Bonchev–Trinajstić information content (AvgIpc) is 2.80. The maximum absolute atomic E-state index is 11.6. The van der Waals surface area contributed by atoms with Crippen LogP contribution < -0.4 is 5.32 Å². The SMILES string of the molecule is Cc1nc(CNc2cccc(S(C)(=O)=O)c2[N+](=O)[O-])no1. The fourth-order valence-electron chi connectivity index (χ4n) is 1.74. The number of hydrogen-bond acceptors (Lipinski definition) is 8. The van der Waals surface area contributed by atoms with Gasteiger partial charge in [-0.15, -0.1) is 0 Å². The lowest BCUT2D eigenvalue weighted by Gasteiger charge is -2.07. The minimum absolute atomic E-state index is 0.0744. The van der Waals surface area contributed by atoms with Crippen LogP contribution in [0.4, 0.5) is 11.4 Å². The van der Waals surface area contributed by atoms with E-state index < -0.39 is 20.4 Å². The molecule has 9 nitrogen and oxygen atoms in total. The van der Waals surface area contributed by atoms with Crippen molar-refractivity contribution in [3.05, 3.63) is 40.0 Å². The van der Waals surface area contributed by atoms with Crippen molar-refractivity contribution >= 4 is 21.2 Å². The molecule has 0 amide bonds. The largest absolute Gasteiger partial charge is 0.372 e. The Morgan fingerprint density at radius 1 is 1.43 bits per heavy atom. The van der Waals surface area contributed by atoms with Gasteiger partial charge in [0, 0.05) is 13.2 Å². The maximum atomic E-state index is 11.6. The number of sulfone groups is 1. The van der Waals surface area contributed by atoms with Crippen molar-refractivity contribution in [3.8, 4) is 0 Å². The van der Waals surface area contributed by atoms with E-state index in [-0.39, 0.29) is 17.1 Å². The van der Waals surface area contributed by atoms with Crippen LogP contribution in [0, 0.1) is 17.0 Å². The Balaban J connectivity index is 2.37. The molecule has 0 aliphatic rings. The third kappa shape index (κ3) is 3.34. The van der Waals surface area contributed by atoms with Crippen LogP contribution in [0.15, 0.2) is 27.6 Å². The second-order valence-electron chi connectivity index (χ2n) is 4.26. The second kappa shape index (κ2) is 5.48. The molecular weight excluding hydrogens is 300 g/mol. The molecule has 21 heavy (non-hydrogen) atoms. The highest BCUT2D eigenvalue weighted by atomic mass is 32.2. The molecular formula is C11H12N4O5S. The van der Waals surface area contributed by atoms with Crippen LogP contribution in [-0.4, -0.2) is 29.7 Å². The number of benzene rings is 1. The quantitative estimate of drug-likeness (QED) is 0.646. The van der Waals surface area contributed by atoms with Crippen LogP contribution >= 0.6 is 0 Å². The summed E-state index contributed by atoms with van der Waals surface area (Å²) in [7, 11) is -3.71. The third-order valence-corrected chi connectivity index (χ3v) is 3.72. The summed E-state index contributed by atoms with van der Waals surface area (Å²) in [6, 6.07) is 4.03. The predicted molar refractivity (Wildman–Crippen MR) is 72.6 cm³/mol. The Bertz CT molecular complexity index is 784. The van der Waals surface area contributed by atoms with Gasteiger partial charge in [0.25, 0.3) is 0 Å². The van der Waals surface area contributed by atoms with Crippen molar-refractivity contribution in [1.82, 2.24) is 10.1 Å². The molecule has 0 saturated heterocycles. The minimum Gasteiger partial charge on any atom is -0.372 e. The summed E-state index contributed by atoms with van der Waals surface area (Å²) >= 11 is 0. The highest BCUT2D eigenvalue weighted by molar-refractivity contribution is 7.90. The molecule has 2 rings (SSSR count). The van der Waals surface area contributed by atoms with Crippen molar-refractivity contribution in [1.29, 1.82) is 0 Å². The van der Waals surface area contributed by atoms with E-state index in [0.29, 0.717) is 11.7 Å². The summed E-state index contributed by atoms with van der Waals surface area (Å²) in [5, 5.41) is 17.5. The lowest BCUT2D eigenvalue weighted by Crippen LogP contribution is -2.08. The van der Waals surface area contributed by atoms with E-state index in [1.807, 2.05) is 0 Å². The summed E-state index contributed by atoms with van der Waals surface area (Å²) in [6.45, 7) is 1.69. The van der Waals surface area contributed by atoms with Gasteiger partial charge in [-0.3, -0.25) is 10.1 Å². The molecule has 2 aromatic rings. The van der Waals surface area contributed by atoms with Gasteiger partial charge in [-0.2, -0.15) is 4.98 Å². The molecule has 0 unspecified atom stereocenters. The lowest BCUT2D eigenvalue weighted by atomic mass is 10.2. The summed E-state index contributed by atoms with van der Waals surface area (Å²) in [5.74, 6) is 0.678. The molecule has 1 aromatic heterocycles. The topological polar surface area (TPSA) is 128 Å². The Hall–Kier alpha value is -2.49. The Morgan fingerprint density at radius 3 is 2.67 bits per heavy atom. The van der Waals surface area contributed by atoms with Crippen LogP contribution in [0.25, 0.3) is 0 Å². The van der Waals surface area contributed by atoms with Crippen LogP contribution in [-0.2, 0) is 16.4 Å². The fourth-order valence-corrected chi connectivity index (χ4v) is 2.60. The Kier molecular flexibility index (Phi) is 3.89. The third-order valence-electron chi connectivity index (χ3n) is 2.59. The molecule has 112 valence electrons. The van der Waals surface area contributed by atoms with E-state index in [0.717, 1.165) is 6.26 Å². The zero-order valence-electron chi connectivity index (χ0n) is 11.2. The summed E-state index contributed by atoms with van der Waals surface area (Å²) in [6.07, 6.45) is 0.918. The highest BCUT2D eigenvalue weighted by Crippen LogP contribution is 2.32. The molecule has 0 aliphatic carbocycles. The molecule has 1 N–H and O–H groups in total. The van der Waals surface area contributed by atoms with Crippen molar-refractivity contribution in [2.45, 2.75) is 18.4 Å². The zero-order valence-corrected chi connectivity index (χ0v) is 12.0. The second-order valence-corrected chi connectivity index (χ2v) is 6.25. The van der Waals surface area contributed by atoms with E-state index in [9.17, 15) is 18.5 Å². The number of aromatic nitrogens is 2. The smallest absolute Gasteiger partial charge is 0.310 e. The van der Waals surface area contributed by atoms with Crippen LogP contribution in [0.2, 0.25) is 0 Å². The van der Waals surface area contributed by atoms with Gasteiger partial charge in [-0.1, -0.05) is 11.2 Å². The first kappa shape index (κ1) is 14.9. The number of nitro benzene ring substituents is 1. The van der Waals surface area contributed by atoms with Crippen molar-refractivity contribution < 1.29 is 17.9 Å². The first-order valence-corrected chi connectivity index (χ1v) is 7.68. The van der Waals surface area contributed by atoms with Gasteiger partial charge in [0.2, 0.25) is 5.89 Å². The molecule has 0 fully saturated rings. The number of nitrogens with one attached hydrogen (secondary N) is 1. The maximum Gasteiger partial charge on any atom is 0.310 e. The summed E-state index contributed by atoms with van der Waals surface area (Å²) in [4.78, 5) is 14.0. The highest BCUT2D eigenvalue weighted by Gasteiger charge is 2.26. The molecule has 10 heteroatoms. The normalized spacial score (nSPS) is 11.3. The number of nitro groups is 1. The van der Waals surface area contributed by atoms with Gasteiger partial charge in [0.1, 0.15) is 10.6 Å². The molecule has 1 aromatic carbocycles. The van der Waals surface area contributed by atoms with Crippen LogP contribution in [0.1, 0.15) is 11.7 Å². The number of anilines is 1. The van der Waals surface area contributed by atoms with E-state index in [4.69, 9.17) is 4.52 Å². The van der Waals surface area contributed by atoms with Crippen LogP contribution in [0.5, 0.6) is 0 Å². The minimum atomic E-state index is -3.71. The van der Waals surface area contributed by atoms with E-state index in [2.05, 4.69) is 15.5 Å².